The molecule has 114 valence electrons. The van der Waals surface area contributed by atoms with Crippen molar-refractivity contribution in [1.29, 1.82) is 0 Å². The van der Waals surface area contributed by atoms with Crippen LogP contribution in [0.5, 0.6) is 0 Å². The van der Waals surface area contributed by atoms with Crippen LogP contribution in [0, 0.1) is 0 Å². The Morgan fingerprint density at radius 3 is 2.62 bits per heavy atom. The summed E-state index contributed by atoms with van der Waals surface area (Å²) in [6, 6.07) is 7.64. The van der Waals surface area contributed by atoms with Crippen molar-refractivity contribution in [3.63, 3.8) is 0 Å². The van der Waals surface area contributed by atoms with Gasteiger partial charge in [-0.2, -0.15) is 0 Å². The fourth-order valence-corrected chi connectivity index (χ4v) is 2.46. The van der Waals surface area contributed by atoms with Gasteiger partial charge in [0.2, 0.25) is 5.91 Å². The smallest absolute Gasteiger partial charge is 0.251 e. The van der Waals surface area contributed by atoms with E-state index in [0.717, 1.165) is 24.9 Å². The number of nitrogens with one attached hydrogen (secondary N) is 3. The Labute approximate surface area is 125 Å². The Bertz CT molecular complexity index is 479. The average molecular weight is 289 g/mol. The molecular formula is C16H23N3O2. The maximum absolute atomic E-state index is 11.8. The van der Waals surface area contributed by atoms with Gasteiger partial charge < -0.3 is 16.0 Å². The number of amides is 2. The van der Waals surface area contributed by atoms with Gasteiger partial charge in [0.05, 0.1) is 0 Å². The van der Waals surface area contributed by atoms with Crippen molar-refractivity contribution in [3.05, 3.63) is 35.4 Å². The molecular weight excluding hydrogens is 266 g/mol. The van der Waals surface area contributed by atoms with Gasteiger partial charge in [0, 0.05) is 31.1 Å². The Hall–Kier alpha value is -1.88. The van der Waals surface area contributed by atoms with E-state index in [1.54, 1.807) is 12.1 Å². The molecule has 0 bridgehead atoms. The zero-order valence-electron chi connectivity index (χ0n) is 12.4. The Morgan fingerprint density at radius 2 is 2.00 bits per heavy atom. The lowest BCUT2D eigenvalue weighted by Gasteiger charge is -2.10. The van der Waals surface area contributed by atoms with Crippen LogP contribution in [-0.4, -0.2) is 30.9 Å². The molecule has 0 radical (unpaired) electrons. The molecule has 5 nitrogen and oxygen atoms in total. The van der Waals surface area contributed by atoms with Crippen molar-refractivity contribution in [3.8, 4) is 0 Å². The van der Waals surface area contributed by atoms with Crippen LogP contribution in [0.4, 0.5) is 0 Å². The van der Waals surface area contributed by atoms with E-state index in [0.29, 0.717) is 31.1 Å². The predicted octanol–water partition coefficient (Wildman–Crippen LogP) is 1.19. The summed E-state index contributed by atoms with van der Waals surface area (Å²) in [7, 11) is 0. The molecule has 2 rings (SSSR count). The second-order valence-corrected chi connectivity index (χ2v) is 5.33. The van der Waals surface area contributed by atoms with Gasteiger partial charge in [-0.3, -0.25) is 9.59 Å². The monoisotopic (exact) mass is 289 g/mol. The zero-order valence-corrected chi connectivity index (χ0v) is 12.4. The average Bonchev–Trinajstić information content (AvgIpc) is 2.99. The van der Waals surface area contributed by atoms with E-state index in [1.807, 2.05) is 19.1 Å². The quantitative estimate of drug-likeness (QED) is 0.737. The maximum Gasteiger partial charge on any atom is 0.251 e. The highest BCUT2D eigenvalue weighted by Gasteiger charge is 2.17. The molecule has 0 spiro atoms. The molecule has 1 aliphatic heterocycles. The standard InChI is InChI=1S/C16H23N3O2/c1-2-17-16(21)13-7-5-12(6-8-13)11-19-15(20)10-14-4-3-9-18-14/h5-8,14,18H,2-4,9-11H2,1H3,(H,17,21)(H,19,20). The summed E-state index contributed by atoms with van der Waals surface area (Å²) in [4.78, 5) is 23.4. The Morgan fingerprint density at radius 1 is 1.24 bits per heavy atom. The normalized spacial score (nSPS) is 17.5. The summed E-state index contributed by atoms with van der Waals surface area (Å²) in [6.07, 6.45) is 2.77. The molecule has 1 saturated heterocycles. The van der Waals surface area contributed by atoms with Gasteiger partial charge in [0.1, 0.15) is 0 Å². The van der Waals surface area contributed by atoms with Crippen molar-refractivity contribution in [2.75, 3.05) is 13.1 Å². The first-order valence-electron chi connectivity index (χ1n) is 7.56. The van der Waals surface area contributed by atoms with Gasteiger partial charge in [0.25, 0.3) is 5.91 Å². The van der Waals surface area contributed by atoms with E-state index < -0.39 is 0 Å². The van der Waals surface area contributed by atoms with E-state index in [2.05, 4.69) is 16.0 Å². The van der Waals surface area contributed by atoms with Crippen molar-refractivity contribution in [2.45, 2.75) is 38.8 Å². The van der Waals surface area contributed by atoms with Crippen molar-refractivity contribution in [2.24, 2.45) is 0 Å². The molecule has 1 atom stereocenters. The van der Waals surface area contributed by atoms with E-state index in [1.165, 1.54) is 0 Å². The first-order chi connectivity index (χ1) is 10.2. The summed E-state index contributed by atoms with van der Waals surface area (Å²) in [5, 5.41) is 8.99. The Balaban J connectivity index is 1.77. The Kier molecular flexibility index (Phi) is 5.75. The minimum atomic E-state index is -0.0691. The molecule has 1 unspecified atom stereocenters. The van der Waals surface area contributed by atoms with E-state index >= 15 is 0 Å². The van der Waals surface area contributed by atoms with E-state index in [9.17, 15) is 9.59 Å². The molecule has 0 aromatic heterocycles. The van der Waals surface area contributed by atoms with Crippen LogP contribution in [0.1, 0.15) is 42.1 Å². The zero-order chi connectivity index (χ0) is 15.1. The highest BCUT2D eigenvalue weighted by Crippen LogP contribution is 2.09. The molecule has 21 heavy (non-hydrogen) atoms. The van der Waals surface area contributed by atoms with Crippen LogP contribution in [0.3, 0.4) is 0 Å². The van der Waals surface area contributed by atoms with Crippen LogP contribution >= 0.6 is 0 Å². The number of benzene rings is 1. The van der Waals surface area contributed by atoms with Gasteiger partial charge in [-0.1, -0.05) is 12.1 Å². The number of hydrogen-bond donors (Lipinski definition) is 3. The minimum Gasteiger partial charge on any atom is -0.352 e. The first kappa shape index (κ1) is 15.5. The third kappa shape index (κ3) is 4.86. The SMILES string of the molecule is CCNC(=O)c1ccc(CNC(=O)CC2CCCN2)cc1. The summed E-state index contributed by atoms with van der Waals surface area (Å²) < 4.78 is 0. The highest BCUT2D eigenvalue weighted by molar-refractivity contribution is 5.94. The minimum absolute atomic E-state index is 0.0691. The second-order valence-electron chi connectivity index (χ2n) is 5.33. The number of carbonyl (C=O) groups is 2. The van der Waals surface area contributed by atoms with Gasteiger partial charge in [0.15, 0.2) is 0 Å². The van der Waals surface area contributed by atoms with Gasteiger partial charge in [-0.05, 0) is 44.0 Å². The van der Waals surface area contributed by atoms with Crippen LogP contribution in [0.15, 0.2) is 24.3 Å². The summed E-state index contributed by atoms with van der Waals surface area (Å²) >= 11 is 0. The van der Waals surface area contributed by atoms with E-state index in [-0.39, 0.29) is 11.8 Å². The molecule has 0 saturated carbocycles. The van der Waals surface area contributed by atoms with Crippen LogP contribution in [0.25, 0.3) is 0 Å². The number of carbonyl (C=O) groups excluding carboxylic acids is 2. The lowest BCUT2D eigenvalue weighted by atomic mass is 10.1. The lowest BCUT2D eigenvalue weighted by Crippen LogP contribution is -2.31. The molecule has 5 heteroatoms. The van der Waals surface area contributed by atoms with E-state index in [4.69, 9.17) is 0 Å². The third-order valence-electron chi connectivity index (χ3n) is 3.64. The second kappa shape index (κ2) is 7.78. The molecule has 1 aliphatic rings. The fraction of sp³-hybridized carbons (Fsp3) is 0.500. The van der Waals surface area contributed by atoms with Crippen LogP contribution in [0.2, 0.25) is 0 Å². The first-order valence-corrected chi connectivity index (χ1v) is 7.56. The van der Waals surface area contributed by atoms with Gasteiger partial charge in [-0.15, -0.1) is 0 Å². The highest BCUT2D eigenvalue weighted by atomic mass is 16.2. The number of rotatable bonds is 6. The number of hydrogen-bond acceptors (Lipinski definition) is 3. The molecule has 2 amide bonds. The summed E-state index contributed by atoms with van der Waals surface area (Å²) in [5.41, 5.74) is 1.64. The lowest BCUT2D eigenvalue weighted by molar-refractivity contribution is -0.121. The maximum atomic E-state index is 11.8. The molecule has 3 N–H and O–H groups in total. The topological polar surface area (TPSA) is 70.2 Å². The van der Waals surface area contributed by atoms with Crippen LogP contribution < -0.4 is 16.0 Å². The van der Waals surface area contributed by atoms with Crippen molar-refractivity contribution >= 4 is 11.8 Å². The summed E-state index contributed by atoms with van der Waals surface area (Å²) in [6.45, 7) is 4.02. The van der Waals surface area contributed by atoms with Crippen molar-refractivity contribution in [1.82, 2.24) is 16.0 Å². The molecule has 0 aliphatic carbocycles. The van der Waals surface area contributed by atoms with Gasteiger partial charge >= 0.3 is 0 Å². The summed E-state index contributed by atoms with van der Waals surface area (Å²) in [5.74, 6) is 0.00240. The molecule has 1 fully saturated rings. The van der Waals surface area contributed by atoms with Crippen molar-refractivity contribution < 1.29 is 9.59 Å². The third-order valence-corrected chi connectivity index (χ3v) is 3.64. The molecule has 1 aromatic rings. The molecule has 1 heterocycles. The van der Waals surface area contributed by atoms with Gasteiger partial charge in [-0.25, -0.2) is 0 Å². The molecule has 1 aromatic carbocycles. The predicted molar refractivity (Wildman–Crippen MR) is 81.9 cm³/mol. The van der Waals surface area contributed by atoms with Crippen LogP contribution in [-0.2, 0) is 11.3 Å². The largest absolute Gasteiger partial charge is 0.352 e. The fourth-order valence-electron chi connectivity index (χ4n) is 2.46.